The van der Waals surface area contributed by atoms with Crippen molar-refractivity contribution in [1.82, 2.24) is 9.13 Å². The molecule has 1 N–H and O–H groups in total. The van der Waals surface area contributed by atoms with Crippen molar-refractivity contribution < 1.29 is 10.0 Å². The van der Waals surface area contributed by atoms with E-state index in [0.717, 1.165) is 6.42 Å². The van der Waals surface area contributed by atoms with Gasteiger partial charge in [0.25, 0.3) is 5.69 Å². The lowest BCUT2D eigenvalue weighted by Gasteiger charge is -2.09. The number of aromatic nitrogens is 2. The average Bonchev–Trinajstić information content (AvgIpc) is 3.28. The maximum atomic E-state index is 12.9. The number of fused-ring (bicyclic) bond motifs is 6. The first-order valence-electron chi connectivity index (χ1n) is 7.99. The molecule has 0 spiro atoms. The van der Waals surface area contributed by atoms with Gasteiger partial charge in [0.15, 0.2) is 0 Å². The standard InChI is InChI=1S/C18H13N3O4/c22-17-16-10-5-6-11(9-10)19(16)18(23)20(17)14-7-8-15(21(24)25)13-4-2-1-3-12(13)14/h1-8,10-11,22H,9H2. The van der Waals surface area contributed by atoms with Gasteiger partial charge < -0.3 is 5.11 Å². The molecule has 2 aliphatic rings. The predicted octanol–water partition coefficient (Wildman–Crippen LogP) is 3.00. The van der Waals surface area contributed by atoms with Crippen LogP contribution in [0.15, 0.2) is 53.3 Å². The Kier molecular flexibility index (Phi) is 2.58. The van der Waals surface area contributed by atoms with Crippen LogP contribution in [0.2, 0.25) is 0 Å². The molecular weight excluding hydrogens is 322 g/mol. The van der Waals surface area contributed by atoms with E-state index in [1.807, 2.05) is 12.2 Å². The molecule has 0 amide bonds. The van der Waals surface area contributed by atoms with Gasteiger partial charge >= 0.3 is 5.69 Å². The van der Waals surface area contributed by atoms with Gasteiger partial charge in [-0.3, -0.25) is 14.7 Å². The highest BCUT2D eigenvalue weighted by molar-refractivity contribution is 5.97. The van der Waals surface area contributed by atoms with Crippen molar-refractivity contribution in [2.24, 2.45) is 0 Å². The van der Waals surface area contributed by atoms with Crippen molar-refractivity contribution in [2.45, 2.75) is 18.4 Å². The van der Waals surface area contributed by atoms with Crippen molar-refractivity contribution in [3.8, 4) is 11.6 Å². The molecule has 3 aromatic rings. The summed E-state index contributed by atoms with van der Waals surface area (Å²) in [5.41, 5.74) is 0.730. The van der Waals surface area contributed by atoms with E-state index in [9.17, 15) is 20.0 Å². The quantitative estimate of drug-likeness (QED) is 0.443. The highest BCUT2D eigenvalue weighted by atomic mass is 16.6. The number of imidazole rings is 1. The Hall–Kier alpha value is -3.35. The summed E-state index contributed by atoms with van der Waals surface area (Å²) in [6, 6.07) is 9.71. The molecule has 0 radical (unpaired) electrons. The third kappa shape index (κ3) is 1.67. The summed E-state index contributed by atoms with van der Waals surface area (Å²) in [5, 5.41) is 23.0. The van der Waals surface area contributed by atoms with Gasteiger partial charge in [0.2, 0.25) is 5.88 Å². The minimum atomic E-state index is -0.446. The van der Waals surface area contributed by atoms with Gasteiger partial charge in [-0.2, -0.15) is 0 Å². The SMILES string of the molecule is O=c1n(-c2ccc([N+](=O)[O-])c3ccccc23)c(O)c2n1C1C=CC2C1. The molecule has 2 unspecified atom stereocenters. The van der Waals surface area contributed by atoms with Crippen LogP contribution in [0.4, 0.5) is 5.69 Å². The zero-order valence-corrected chi connectivity index (χ0v) is 13.0. The number of aromatic hydroxyl groups is 1. The second kappa shape index (κ2) is 4.60. The Labute approximate surface area is 141 Å². The number of non-ortho nitro benzene ring substituents is 1. The molecule has 5 rings (SSSR count). The maximum Gasteiger partial charge on any atom is 0.336 e. The first-order chi connectivity index (χ1) is 12.1. The van der Waals surface area contributed by atoms with E-state index in [4.69, 9.17) is 0 Å². The molecule has 0 saturated heterocycles. The van der Waals surface area contributed by atoms with E-state index < -0.39 is 4.92 Å². The smallest absolute Gasteiger partial charge is 0.336 e. The normalized spacial score (nSPS) is 20.3. The highest BCUT2D eigenvalue weighted by Crippen LogP contribution is 2.47. The van der Waals surface area contributed by atoms with Gasteiger partial charge in [-0.1, -0.05) is 30.4 Å². The molecule has 2 aromatic carbocycles. The summed E-state index contributed by atoms with van der Waals surface area (Å²) in [4.78, 5) is 23.8. The van der Waals surface area contributed by atoms with Crippen LogP contribution >= 0.6 is 0 Å². The molecule has 0 fully saturated rings. The van der Waals surface area contributed by atoms with Crippen LogP contribution in [0.25, 0.3) is 16.5 Å². The number of hydrogen-bond donors (Lipinski definition) is 1. The van der Waals surface area contributed by atoms with Crippen molar-refractivity contribution >= 4 is 16.5 Å². The number of nitrogens with zero attached hydrogens (tertiary/aromatic N) is 3. The van der Waals surface area contributed by atoms with Crippen LogP contribution in [-0.4, -0.2) is 19.2 Å². The van der Waals surface area contributed by atoms with Crippen molar-refractivity contribution in [1.29, 1.82) is 0 Å². The topological polar surface area (TPSA) is 90.3 Å². The monoisotopic (exact) mass is 335 g/mol. The fourth-order valence-electron chi connectivity index (χ4n) is 4.10. The van der Waals surface area contributed by atoms with Gasteiger partial charge in [0.1, 0.15) is 0 Å². The summed E-state index contributed by atoms with van der Waals surface area (Å²) in [6.45, 7) is 0. The molecule has 1 aliphatic carbocycles. The third-order valence-corrected chi connectivity index (χ3v) is 5.16. The van der Waals surface area contributed by atoms with Crippen molar-refractivity contribution in [2.75, 3.05) is 0 Å². The minimum absolute atomic E-state index is 0.0241. The van der Waals surface area contributed by atoms with E-state index >= 15 is 0 Å². The first-order valence-corrected chi connectivity index (χ1v) is 7.99. The average molecular weight is 335 g/mol. The zero-order valence-electron chi connectivity index (χ0n) is 13.0. The Balaban J connectivity index is 1.84. The molecule has 7 nitrogen and oxygen atoms in total. The molecule has 2 atom stereocenters. The van der Waals surface area contributed by atoms with Gasteiger partial charge in [0.05, 0.1) is 27.7 Å². The molecule has 2 heterocycles. The van der Waals surface area contributed by atoms with E-state index in [-0.39, 0.29) is 29.2 Å². The second-order valence-corrected chi connectivity index (χ2v) is 6.40. The number of benzene rings is 2. The Morgan fingerprint density at radius 2 is 1.88 bits per heavy atom. The summed E-state index contributed by atoms with van der Waals surface area (Å²) in [6.07, 6.45) is 4.80. The molecule has 25 heavy (non-hydrogen) atoms. The fourth-order valence-corrected chi connectivity index (χ4v) is 4.10. The fraction of sp³-hybridized carbons (Fsp3) is 0.167. The molecule has 124 valence electrons. The number of hydrogen-bond acceptors (Lipinski definition) is 4. The number of nitro benzene ring substituents is 1. The number of rotatable bonds is 2. The Morgan fingerprint density at radius 3 is 2.60 bits per heavy atom. The summed E-state index contributed by atoms with van der Waals surface area (Å²) < 4.78 is 2.88. The van der Waals surface area contributed by atoms with Crippen molar-refractivity contribution in [3.05, 3.63) is 74.8 Å². The van der Waals surface area contributed by atoms with Crippen molar-refractivity contribution in [3.63, 3.8) is 0 Å². The molecule has 0 saturated carbocycles. The van der Waals surface area contributed by atoms with Gasteiger partial charge in [-0.05, 0) is 18.6 Å². The van der Waals surface area contributed by atoms with Gasteiger partial charge in [-0.15, -0.1) is 0 Å². The lowest BCUT2D eigenvalue weighted by atomic mass is 10.1. The van der Waals surface area contributed by atoms with Crippen LogP contribution in [0.5, 0.6) is 5.88 Å². The predicted molar refractivity (Wildman–Crippen MR) is 91.4 cm³/mol. The molecule has 1 aromatic heterocycles. The lowest BCUT2D eigenvalue weighted by Crippen LogP contribution is -2.24. The Morgan fingerprint density at radius 1 is 1.12 bits per heavy atom. The zero-order chi connectivity index (χ0) is 17.3. The first kappa shape index (κ1) is 14.0. The van der Waals surface area contributed by atoms with E-state index in [2.05, 4.69) is 0 Å². The van der Waals surface area contributed by atoms with Crippen LogP contribution in [0, 0.1) is 10.1 Å². The second-order valence-electron chi connectivity index (χ2n) is 6.40. The van der Waals surface area contributed by atoms with Crippen LogP contribution in [0.1, 0.15) is 24.1 Å². The molecule has 7 heteroatoms. The third-order valence-electron chi connectivity index (χ3n) is 5.16. The number of allylic oxidation sites excluding steroid dienone is 2. The highest BCUT2D eigenvalue weighted by Gasteiger charge is 2.39. The number of nitro groups is 1. The van der Waals surface area contributed by atoms with E-state index in [0.29, 0.717) is 22.2 Å². The van der Waals surface area contributed by atoms with Crippen LogP contribution < -0.4 is 5.69 Å². The Bertz CT molecular complexity index is 1160. The summed E-state index contributed by atoms with van der Waals surface area (Å²) in [7, 11) is 0. The van der Waals surface area contributed by atoms with Crippen LogP contribution in [-0.2, 0) is 0 Å². The summed E-state index contributed by atoms with van der Waals surface area (Å²) in [5.74, 6) is -0.0379. The van der Waals surface area contributed by atoms with E-state index in [1.54, 1.807) is 28.8 Å². The lowest BCUT2D eigenvalue weighted by molar-refractivity contribution is -0.383. The molecule has 1 aliphatic heterocycles. The largest absolute Gasteiger partial charge is 0.493 e. The van der Waals surface area contributed by atoms with Gasteiger partial charge in [0, 0.05) is 17.4 Å². The molecular formula is C18H13N3O4. The molecule has 2 bridgehead atoms. The van der Waals surface area contributed by atoms with E-state index in [1.165, 1.54) is 16.7 Å². The summed E-state index contributed by atoms with van der Waals surface area (Å²) >= 11 is 0. The van der Waals surface area contributed by atoms with Crippen LogP contribution in [0.3, 0.4) is 0 Å². The minimum Gasteiger partial charge on any atom is -0.493 e. The maximum absolute atomic E-state index is 12.9. The van der Waals surface area contributed by atoms with Gasteiger partial charge in [-0.25, -0.2) is 9.36 Å².